The van der Waals surface area contributed by atoms with Crippen molar-refractivity contribution in [2.24, 2.45) is 0 Å². The van der Waals surface area contributed by atoms with E-state index in [1.54, 1.807) is 24.3 Å². The van der Waals surface area contributed by atoms with Gasteiger partial charge in [-0.25, -0.2) is 0 Å². The summed E-state index contributed by atoms with van der Waals surface area (Å²) >= 11 is 5.96. The largest absolute Gasteiger partial charge is 0.362 e. The van der Waals surface area contributed by atoms with Crippen molar-refractivity contribution in [2.75, 3.05) is 13.6 Å². The van der Waals surface area contributed by atoms with Crippen molar-refractivity contribution < 1.29 is 9.59 Å². The van der Waals surface area contributed by atoms with Crippen molar-refractivity contribution in [3.05, 3.63) is 76.4 Å². The number of carbonyl (C=O) groups is 2. The molecule has 0 bridgehead atoms. The first kappa shape index (κ1) is 17.2. The molecule has 0 spiro atoms. The second kappa shape index (κ2) is 7.11. The monoisotopic (exact) mass is 354 g/mol. The lowest BCUT2D eigenvalue weighted by Gasteiger charge is -2.24. The van der Waals surface area contributed by atoms with E-state index in [0.717, 1.165) is 5.56 Å². The van der Waals surface area contributed by atoms with E-state index in [9.17, 15) is 9.59 Å². The summed E-state index contributed by atoms with van der Waals surface area (Å²) in [5, 5.41) is 0.590. The van der Waals surface area contributed by atoms with Crippen molar-refractivity contribution in [2.45, 2.75) is 13.5 Å². The fourth-order valence-corrected chi connectivity index (χ4v) is 3.08. The summed E-state index contributed by atoms with van der Waals surface area (Å²) in [6.45, 7) is 3.16. The van der Waals surface area contributed by atoms with Gasteiger partial charge < -0.3 is 4.90 Å². The van der Waals surface area contributed by atoms with E-state index in [4.69, 9.17) is 11.6 Å². The summed E-state index contributed by atoms with van der Waals surface area (Å²) in [7, 11) is 1.52. The number of hydrogen-bond donors (Lipinski definition) is 0. The number of imide groups is 1. The molecule has 0 N–H and O–H groups in total. The Morgan fingerprint density at radius 3 is 2.20 bits per heavy atom. The molecule has 2 aromatic rings. The van der Waals surface area contributed by atoms with Crippen LogP contribution < -0.4 is 0 Å². The van der Waals surface area contributed by atoms with Crippen LogP contribution in [0.4, 0.5) is 0 Å². The zero-order chi connectivity index (χ0) is 18.0. The van der Waals surface area contributed by atoms with E-state index in [2.05, 4.69) is 0 Å². The Morgan fingerprint density at radius 2 is 1.60 bits per heavy atom. The quantitative estimate of drug-likeness (QED) is 0.771. The van der Waals surface area contributed by atoms with Gasteiger partial charge in [0.25, 0.3) is 11.8 Å². The Bertz CT molecular complexity index is 829. The highest BCUT2D eigenvalue weighted by Gasteiger charge is 2.39. The Morgan fingerprint density at radius 1 is 0.960 bits per heavy atom. The molecule has 0 radical (unpaired) electrons. The number of halogens is 1. The van der Waals surface area contributed by atoms with Crippen LogP contribution in [0.3, 0.4) is 0 Å². The summed E-state index contributed by atoms with van der Waals surface area (Å²) in [5.41, 5.74) is 2.67. The van der Waals surface area contributed by atoms with Crippen molar-refractivity contribution in [1.82, 2.24) is 9.80 Å². The molecular formula is C20H19ClN2O2. The highest BCUT2D eigenvalue weighted by atomic mass is 35.5. The van der Waals surface area contributed by atoms with E-state index in [0.29, 0.717) is 34.9 Å². The summed E-state index contributed by atoms with van der Waals surface area (Å²) in [6, 6.07) is 16.9. The molecule has 0 saturated heterocycles. The molecule has 1 heterocycles. The maximum absolute atomic E-state index is 12.7. The van der Waals surface area contributed by atoms with Gasteiger partial charge in [0.1, 0.15) is 5.70 Å². The minimum absolute atomic E-state index is 0.271. The highest BCUT2D eigenvalue weighted by Crippen LogP contribution is 2.32. The highest BCUT2D eigenvalue weighted by molar-refractivity contribution is 6.35. The van der Waals surface area contributed by atoms with Crippen LogP contribution in [0.2, 0.25) is 5.02 Å². The topological polar surface area (TPSA) is 40.6 Å². The minimum atomic E-state index is -0.283. The van der Waals surface area contributed by atoms with E-state index in [1.807, 2.05) is 42.2 Å². The lowest BCUT2D eigenvalue weighted by molar-refractivity contribution is -0.135. The first-order valence-corrected chi connectivity index (χ1v) is 8.52. The third-order valence-electron chi connectivity index (χ3n) is 4.31. The summed E-state index contributed by atoms with van der Waals surface area (Å²) in [5.74, 6) is -0.554. The molecular weight excluding hydrogens is 336 g/mol. The Balaban J connectivity index is 2.07. The van der Waals surface area contributed by atoms with Crippen LogP contribution >= 0.6 is 11.6 Å². The number of nitrogens with zero attached hydrogens (tertiary/aromatic N) is 2. The van der Waals surface area contributed by atoms with Gasteiger partial charge in [0.2, 0.25) is 0 Å². The van der Waals surface area contributed by atoms with Crippen LogP contribution in [0.5, 0.6) is 0 Å². The molecule has 3 rings (SSSR count). The number of hydrogen-bond acceptors (Lipinski definition) is 3. The summed E-state index contributed by atoms with van der Waals surface area (Å²) in [4.78, 5) is 28.5. The molecule has 5 heteroatoms. The van der Waals surface area contributed by atoms with Crippen LogP contribution in [0.15, 0.2) is 60.3 Å². The molecule has 0 aromatic heterocycles. The van der Waals surface area contributed by atoms with Crippen LogP contribution in [0, 0.1) is 0 Å². The molecule has 25 heavy (non-hydrogen) atoms. The second-order valence-corrected chi connectivity index (χ2v) is 6.34. The van der Waals surface area contributed by atoms with Crippen molar-refractivity contribution in [3.8, 4) is 0 Å². The lowest BCUT2D eigenvalue weighted by atomic mass is 10.0. The molecule has 0 atom stereocenters. The molecule has 128 valence electrons. The minimum Gasteiger partial charge on any atom is -0.362 e. The molecule has 0 aliphatic carbocycles. The Kier molecular flexibility index (Phi) is 4.91. The summed E-state index contributed by atoms with van der Waals surface area (Å²) in [6.07, 6.45) is 0. The van der Waals surface area contributed by atoms with E-state index < -0.39 is 0 Å². The van der Waals surface area contributed by atoms with Gasteiger partial charge in [0.05, 0.1) is 5.57 Å². The van der Waals surface area contributed by atoms with Crippen molar-refractivity contribution in [1.29, 1.82) is 0 Å². The SMILES string of the molecule is CCN(Cc1ccccc1)C1=C(c2ccc(Cl)cc2)C(=O)N(C)C1=O. The van der Waals surface area contributed by atoms with Gasteiger partial charge in [-0.05, 0) is 30.2 Å². The third-order valence-corrected chi connectivity index (χ3v) is 4.56. The van der Waals surface area contributed by atoms with E-state index >= 15 is 0 Å². The van der Waals surface area contributed by atoms with Crippen molar-refractivity contribution in [3.63, 3.8) is 0 Å². The first-order valence-electron chi connectivity index (χ1n) is 8.14. The van der Waals surface area contributed by atoms with Crippen LogP contribution in [-0.4, -0.2) is 35.2 Å². The van der Waals surface area contributed by atoms with E-state index in [-0.39, 0.29) is 11.8 Å². The van der Waals surface area contributed by atoms with E-state index in [1.165, 1.54) is 11.9 Å². The standard InChI is InChI=1S/C20H19ClN2O2/c1-3-23(13-14-7-5-4-6-8-14)18-17(19(24)22(2)20(18)25)15-9-11-16(21)12-10-15/h4-12H,3,13H2,1-2H3. The zero-order valence-electron chi connectivity index (χ0n) is 14.2. The lowest BCUT2D eigenvalue weighted by Crippen LogP contribution is -2.32. The van der Waals surface area contributed by atoms with Crippen LogP contribution in [-0.2, 0) is 16.1 Å². The van der Waals surface area contributed by atoms with Gasteiger partial charge in [0.15, 0.2) is 0 Å². The first-order chi connectivity index (χ1) is 12.0. The maximum atomic E-state index is 12.7. The maximum Gasteiger partial charge on any atom is 0.277 e. The van der Waals surface area contributed by atoms with Gasteiger partial charge in [-0.15, -0.1) is 0 Å². The molecule has 2 amide bonds. The Labute approximate surface area is 152 Å². The third kappa shape index (κ3) is 3.30. The van der Waals surface area contributed by atoms with Crippen LogP contribution in [0.25, 0.3) is 5.57 Å². The van der Waals surface area contributed by atoms with Gasteiger partial charge in [0, 0.05) is 25.2 Å². The average Bonchev–Trinajstić information content (AvgIpc) is 2.85. The van der Waals surface area contributed by atoms with Crippen molar-refractivity contribution >= 4 is 29.0 Å². The number of likely N-dealkylation sites (N-methyl/N-ethyl adjacent to an activating group) is 2. The predicted octanol–water partition coefficient (Wildman–Crippen LogP) is 3.57. The number of amides is 2. The molecule has 0 unspecified atom stereocenters. The molecule has 2 aromatic carbocycles. The number of rotatable bonds is 5. The van der Waals surface area contributed by atoms with Gasteiger partial charge in [-0.2, -0.15) is 0 Å². The zero-order valence-corrected chi connectivity index (χ0v) is 15.0. The molecule has 0 fully saturated rings. The Hall–Kier alpha value is -2.59. The fraction of sp³-hybridized carbons (Fsp3) is 0.200. The number of carbonyl (C=O) groups excluding carboxylic acids is 2. The molecule has 0 saturated carbocycles. The predicted molar refractivity (Wildman–Crippen MR) is 98.7 cm³/mol. The normalized spacial score (nSPS) is 14.4. The van der Waals surface area contributed by atoms with Gasteiger partial charge in [-0.3, -0.25) is 14.5 Å². The second-order valence-electron chi connectivity index (χ2n) is 5.90. The smallest absolute Gasteiger partial charge is 0.277 e. The average molecular weight is 355 g/mol. The molecule has 1 aliphatic heterocycles. The molecule has 1 aliphatic rings. The summed E-state index contributed by atoms with van der Waals surface area (Å²) < 4.78 is 0. The molecule has 4 nitrogen and oxygen atoms in total. The van der Waals surface area contributed by atoms with Crippen LogP contribution in [0.1, 0.15) is 18.1 Å². The fourth-order valence-electron chi connectivity index (χ4n) is 2.95. The van der Waals surface area contributed by atoms with Gasteiger partial charge in [-0.1, -0.05) is 54.1 Å². The number of benzene rings is 2. The van der Waals surface area contributed by atoms with Gasteiger partial charge >= 0.3 is 0 Å².